The van der Waals surface area contributed by atoms with Crippen molar-refractivity contribution in [2.45, 2.75) is 91.1 Å². The van der Waals surface area contributed by atoms with Crippen molar-refractivity contribution in [3.8, 4) is 0 Å². The summed E-state index contributed by atoms with van der Waals surface area (Å²) in [6.45, 7) is 5.92. The molecule has 0 unspecified atom stereocenters. The van der Waals surface area contributed by atoms with Crippen molar-refractivity contribution in [2.24, 2.45) is 23.7 Å². The Morgan fingerprint density at radius 2 is 1.06 bits per heavy atom. The van der Waals surface area contributed by atoms with E-state index in [9.17, 15) is 20.1 Å². The summed E-state index contributed by atoms with van der Waals surface area (Å²) in [6.07, 6.45) is 7.31. The molecule has 0 heterocycles. The normalized spacial score (nSPS) is 21.1. The second kappa shape index (κ2) is 16.7. The summed E-state index contributed by atoms with van der Waals surface area (Å²) in [5.74, 6) is 0.623. The maximum atomic E-state index is 15.2. The highest BCUT2D eigenvalue weighted by Crippen LogP contribution is 2.47. The predicted octanol–water partition coefficient (Wildman–Crippen LogP) is 9.92. The molecule has 0 aliphatic heterocycles. The van der Waals surface area contributed by atoms with Crippen molar-refractivity contribution in [2.75, 3.05) is 23.7 Å². The minimum Gasteiger partial charge on any atom is -0.478 e. The van der Waals surface area contributed by atoms with Crippen LogP contribution in [-0.4, -0.2) is 45.9 Å². The average Bonchev–Trinajstić information content (AvgIpc) is 3.17. The number of ketones is 2. The van der Waals surface area contributed by atoms with E-state index in [1.807, 2.05) is 24.3 Å². The van der Waals surface area contributed by atoms with Crippen molar-refractivity contribution < 1.29 is 29.7 Å². The van der Waals surface area contributed by atoms with Gasteiger partial charge in [0.05, 0.1) is 16.7 Å². The molecule has 54 heavy (non-hydrogen) atoms. The molecule has 8 nitrogen and oxygen atoms in total. The number of rotatable bonds is 12. The molecule has 0 atom stereocenters. The molecule has 4 aromatic carbocycles. The van der Waals surface area contributed by atoms with E-state index in [1.165, 1.54) is 23.5 Å². The maximum Gasteiger partial charge on any atom is 0.336 e. The van der Waals surface area contributed by atoms with Crippen LogP contribution in [0.2, 0.25) is 0 Å². The topological polar surface area (TPSA) is 136 Å². The van der Waals surface area contributed by atoms with Gasteiger partial charge < -0.3 is 26.0 Å². The third kappa shape index (κ3) is 8.13. The van der Waals surface area contributed by atoms with Gasteiger partial charge in [0.1, 0.15) is 0 Å². The molecule has 2 saturated carbocycles. The van der Waals surface area contributed by atoms with Gasteiger partial charge in [0.25, 0.3) is 0 Å². The van der Waals surface area contributed by atoms with E-state index < -0.39 is 12.3 Å². The number of aliphatic hydroxyl groups is 2. The minimum atomic E-state index is -1.71. The van der Waals surface area contributed by atoms with Gasteiger partial charge in [0.2, 0.25) is 0 Å². The molecular formula is C44H48N2O6S2. The van der Waals surface area contributed by atoms with Crippen LogP contribution in [0.25, 0.3) is 0 Å². The van der Waals surface area contributed by atoms with Gasteiger partial charge in [-0.2, -0.15) is 0 Å². The average molecular weight is 765 g/mol. The van der Waals surface area contributed by atoms with E-state index in [0.29, 0.717) is 73.3 Å². The SMILES string of the molecule is CC1CCC(CNc2ccc(Sc3ccccc3C(=O)O)c3c2C(=O)c2c(Sc4ccccc4C(O)O)ccc(NCC4CCC(C)CC4)c2C3=O)CC1. The van der Waals surface area contributed by atoms with Crippen molar-refractivity contribution in [3.63, 3.8) is 0 Å². The number of anilines is 2. The number of carboxylic acid groups (broad SMARTS) is 1. The van der Waals surface area contributed by atoms with Crippen molar-refractivity contribution in [1.29, 1.82) is 0 Å². The summed E-state index contributed by atoms with van der Waals surface area (Å²) in [5, 5.41) is 37.5. The number of benzene rings is 4. The predicted molar refractivity (Wildman–Crippen MR) is 214 cm³/mol. The van der Waals surface area contributed by atoms with E-state index in [0.717, 1.165) is 51.4 Å². The Bertz CT molecular complexity index is 2050. The maximum absolute atomic E-state index is 15.2. The summed E-state index contributed by atoms with van der Waals surface area (Å²) in [5.41, 5.74) is 2.71. The fourth-order valence-corrected chi connectivity index (χ4v) is 10.3. The molecule has 4 aromatic rings. The molecule has 0 saturated heterocycles. The van der Waals surface area contributed by atoms with Gasteiger partial charge in [-0.15, -0.1) is 0 Å². The van der Waals surface area contributed by atoms with Gasteiger partial charge in [0.15, 0.2) is 17.9 Å². The summed E-state index contributed by atoms with van der Waals surface area (Å²) >= 11 is 2.42. The number of hydrogen-bond donors (Lipinski definition) is 5. The Balaban J connectivity index is 1.35. The molecule has 0 aromatic heterocycles. The zero-order valence-electron chi connectivity index (χ0n) is 30.8. The van der Waals surface area contributed by atoms with Gasteiger partial charge in [-0.25, -0.2) is 4.79 Å². The van der Waals surface area contributed by atoms with Gasteiger partial charge >= 0.3 is 5.97 Å². The number of hydrogen-bond acceptors (Lipinski definition) is 9. The Labute approximate surface area is 325 Å². The van der Waals surface area contributed by atoms with Gasteiger partial charge in [-0.1, -0.05) is 93.4 Å². The molecule has 282 valence electrons. The van der Waals surface area contributed by atoms with Crippen molar-refractivity contribution in [3.05, 3.63) is 106 Å². The van der Waals surface area contributed by atoms with Crippen molar-refractivity contribution in [1.82, 2.24) is 0 Å². The first-order valence-electron chi connectivity index (χ1n) is 19.1. The van der Waals surface area contributed by atoms with Crippen molar-refractivity contribution >= 4 is 52.4 Å². The number of carbonyl (C=O) groups is 3. The van der Waals surface area contributed by atoms with E-state index in [-0.39, 0.29) is 39.4 Å². The zero-order chi connectivity index (χ0) is 37.9. The molecule has 5 N–H and O–H groups in total. The fourth-order valence-electron chi connectivity index (χ4n) is 8.14. The fraction of sp³-hybridized carbons (Fsp3) is 0.386. The van der Waals surface area contributed by atoms with Crippen LogP contribution in [0.5, 0.6) is 0 Å². The standard InChI is InChI=1S/C44H48N2O6S2/c1-25-11-15-27(16-12-25)23-45-31-19-21-35(53-33-9-5-3-7-29(33)43(49)50)39-37(31)41(47)40-36(54-34-10-6-4-8-30(34)44(51)52)22-20-32(38(40)42(39)48)46-24-28-17-13-26(2)14-18-28/h3-10,19-22,25-28,43,45-46,49-50H,11-18,23-24H2,1-2H3,(H,51,52). The summed E-state index contributed by atoms with van der Waals surface area (Å²) in [6, 6.07) is 21.0. The minimum absolute atomic E-state index is 0.118. The van der Waals surface area contributed by atoms with E-state index >= 15 is 9.59 Å². The van der Waals surface area contributed by atoms with Crippen LogP contribution in [0, 0.1) is 23.7 Å². The lowest BCUT2D eigenvalue weighted by Gasteiger charge is -2.30. The number of aliphatic hydroxyl groups excluding tert-OH is 1. The number of carbonyl (C=O) groups excluding carboxylic acids is 2. The Hall–Kier alpha value is -4.09. The molecule has 0 amide bonds. The lowest BCUT2D eigenvalue weighted by Crippen LogP contribution is -2.28. The molecule has 3 aliphatic carbocycles. The second-order valence-corrected chi connectivity index (χ2v) is 17.5. The molecule has 7 rings (SSSR count). The first-order valence-corrected chi connectivity index (χ1v) is 20.8. The molecule has 0 bridgehead atoms. The van der Waals surface area contributed by atoms with Gasteiger partial charge in [-0.3, -0.25) is 9.59 Å². The van der Waals surface area contributed by atoms with E-state index in [2.05, 4.69) is 24.5 Å². The third-order valence-corrected chi connectivity index (χ3v) is 13.7. The van der Waals surface area contributed by atoms with Gasteiger partial charge in [0, 0.05) is 60.7 Å². The molecular weight excluding hydrogens is 717 g/mol. The van der Waals surface area contributed by atoms with Crippen LogP contribution in [0.4, 0.5) is 11.4 Å². The highest BCUT2D eigenvalue weighted by molar-refractivity contribution is 7.99. The van der Waals surface area contributed by atoms with Crippen LogP contribution < -0.4 is 10.6 Å². The number of carboxylic acids is 1. The highest BCUT2D eigenvalue weighted by Gasteiger charge is 2.39. The Kier molecular flexibility index (Phi) is 11.8. The Morgan fingerprint density at radius 3 is 1.54 bits per heavy atom. The zero-order valence-corrected chi connectivity index (χ0v) is 32.4. The summed E-state index contributed by atoms with van der Waals surface area (Å²) < 4.78 is 0. The quantitative estimate of drug-likeness (QED) is 0.0782. The number of fused-ring (bicyclic) bond motifs is 2. The lowest BCUT2D eigenvalue weighted by atomic mass is 9.81. The number of aromatic carboxylic acids is 1. The highest BCUT2D eigenvalue weighted by atomic mass is 32.2. The summed E-state index contributed by atoms with van der Waals surface area (Å²) in [7, 11) is 0. The third-order valence-electron chi connectivity index (χ3n) is 11.4. The molecule has 2 fully saturated rings. The van der Waals surface area contributed by atoms with Gasteiger partial charge in [-0.05, 0) is 91.8 Å². The van der Waals surface area contributed by atoms with Crippen LogP contribution in [0.1, 0.15) is 119 Å². The molecule has 10 heteroatoms. The molecule has 0 radical (unpaired) electrons. The first kappa shape index (κ1) is 38.2. The molecule has 0 spiro atoms. The summed E-state index contributed by atoms with van der Waals surface area (Å²) in [4.78, 5) is 44.8. The smallest absolute Gasteiger partial charge is 0.336 e. The number of nitrogens with one attached hydrogen (secondary N) is 2. The molecule has 3 aliphatic rings. The van der Waals surface area contributed by atoms with Crippen LogP contribution in [0.3, 0.4) is 0 Å². The van der Waals surface area contributed by atoms with Crippen LogP contribution in [-0.2, 0) is 0 Å². The Morgan fingerprint density at radius 1 is 0.611 bits per heavy atom. The largest absolute Gasteiger partial charge is 0.478 e. The monoisotopic (exact) mass is 764 g/mol. The van der Waals surface area contributed by atoms with E-state index in [1.54, 1.807) is 48.5 Å². The van der Waals surface area contributed by atoms with Crippen LogP contribution in [0.15, 0.2) is 92.4 Å². The van der Waals surface area contributed by atoms with E-state index in [4.69, 9.17) is 0 Å². The second-order valence-electron chi connectivity index (χ2n) is 15.3. The lowest BCUT2D eigenvalue weighted by molar-refractivity contribution is -0.0445. The van der Waals surface area contributed by atoms with Crippen LogP contribution >= 0.6 is 23.5 Å². The first-order chi connectivity index (χ1) is 26.1.